The van der Waals surface area contributed by atoms with Crippen LogP contribution in [0.15, 0.2) is 5.16 Å². The maximum absolute atomic E-state index is 14.8. The molecule has 14 heteroatoms. The van der Waals surface area contributed by atoms with E-state index in [0.29, 0.717) is 6.54 Å². The molecule has 2 aliphatic heterocycles. The zero-order chi connectivity index (χ0) is 26.9. The molecule has 2 saturated heterocycles. The predicted molar refractivity (Wildman–Crippen MR) is 135 cm³/mol. The standard InChI is InChI=1S/C23H31ClFN5O6S/c1-23(2,3)36-22(32)30-11-6-7-12(30)16(26-8-11)13(9-34-10-33-4)35-20-14-17(15(25)18(24)28-20)27-21(37-5)29-19(14)31/h11-13,16,26H,6-10H2,1-5H3,(H,27,29,31)/t11-,12+,13+,16+/m1/s1. The van der Waals surface area contributed by atoms with Gasteiger partial charge in [-0.05, 0) is 39.9 Å². The summed E-state index contributed by atoms with van der Waals surface area (Å²) in [6.07, 6.45) is 2.08. The molecule has 204 valence electrons. The molecule has 0 aliphatic carbocycles. The minimum absolute atomic E-state index is 0.000549. The number of rotatable bonds is 8. The normalized spacial score (nSPS) is 22.4. The van der Waals surface area contributed by atoms with Crippen LogP contribution in [-0.4, -0.2) is 94.2 Å². The van der Waals surface area contributed by atoms with Gasteiger partial charge in [0.15, 0.2) is 16.1 Å². The quantitative estimate of drug-likeness (QED) is 0.162. The minimum atomic E-state index is -0.894. The number of aromatic hydroxyl groups is 1. The Labute approximate surface area is 223 Å². The van der Waals surface area contributed by atoms with Crippen LogP contribution in [0.1, 0.15) is 33.6 Å². The molecular weight excluding hydrogens is 529 g/mol. The van der Waals surface area contributed by atoms with Gasteiger partial charge in [-0.3, -0.25) is 4.90 Å². The third-order valence-electron chi connectivity index (χ3n) is 6.16. The Hall–Kier alpha value is -2.19. The Morgan fingerprint density at radius 3 is 2.76 bits per heavy atom. The first-order chi connectivity index (χ1) is 17.5. The van der Waals surface area contributed by atoms with Crippen molar-refractivity contribution in [1.82, 2.24) is 25.2 Å². The van der Waals surface area contributed by atoms with E-state index >= 15 is 0 Å². The Morgan fingerprint density at radius 2 is 2.08 bits per heavy atom. The fourth-order valence-corrected chi connectivity index (χ4v) is 5.23. The van der Waals surface area contributed by atoms with Crippen LogP contribution in [0.5, 0.6) is 11.8 Å². The van der Waals surface area contributed by atoms with Gasteiger partial charge in [0.1, 0.15) is 29.4 Å². The third kappa shape index (κ3) is 5.95. The van der Waals surface area contributed by atoms with Crippen molar-refractivity contribution in [2.45, 2.75) is 68.6 Å². The molecule has 0 radical (unpaired) electrons. The number of pyridine rings is 1. The van der Waals surface area contributed by atoms with Crippen molar-refractivity contribution < 1.29 is 33.2 Å². The first kappa shape index (κ1) is 27.8. The molecule has 2 bridgehead atoms. The van der Waals surface area contributed by atoms with Crippen molar-refractivity contribution in [2.75, 3.05) is 33.3 Å². The van der Waals surface area contributed by atoms with Crippen LogP contribution in [0.3, 0.4) is 0 Å². The van der Waals surface area contributed by atoms with Gasteiger partial charge in [0.25, 0.3) is 0 Å². The van der Waals surface area contributed by atoms with E-state index in [4.69, 9.17) is 30.5 Å². The van der Waals surface area contributed by atoms with E-state index in [1.54, 1.807) is 11.2 Å². The number of amides is 1. The number of carbonyl (C=O) groups excluding carboxylic acids is 1. The van der Waals surface area contributed by atoms with Gasteiger partial charge in [-0.1, -0.05) is 23.4 Å². The molecule has 2 aliphatic rings. The van der Waals surface area contributed by atoms with E-state index in [-0.39, 0.29) is 47.4 Å². The Balaban J connectivity index is 1.69. The number of fused-ring (bicyclic) bond motifs is 3. The molecule has 4 rings (SSSR count). The van der Waals surface area contributed by atoms with Crippen LogP contribution in [0.25, 0.3) is 10.9 Å². The van der Waals surface area contributed by atoms with E-state index in [1.165, 1.54) is 7.11 Å². The lowest BCUT2D eigenvalue weighted by Crippen LogP contribution is -2.65. The SMILES string of the molecule is COCOC[C@H](Oc1nc(Cl)c(F)c2nc(SC)nc(O)c12)[C@H]1NC[C@H]2CC[C@@H]1N2C(=O)OC(C)(C)C. The van der Waals surface area contributed by atoms with Crippen molar-refractivity contribution >= 4 is 40.4 Å². The average Bonchev–Trinajstić information content (AvgIpc) is 3.13. The van der Waals surface area contributed by atoms with Crippen LogP contribution in [0.4, 0.5) is 9.18 Å². The smallest absolute Gasteiger partial charge is 0.410 e. The second-order valence-corrected chi connectivity index (χ2v) is 11.0. The van der Waals surface area contributed by atoms with Gasteiger partial charge in [0, 0.05) is 19.7 Å². The number of nitrogens with one attached hydrogen (secondary N) is 1. The van der Waals surface area contributed by atoms with Gasteiger partial charge in [-0.2, -0.15) is 9.97 Å². The lowest BCUT2D eigenvalue weighted by Gasteiger charge is -2.43. The van der Waals surface area contributed by atoms with Gasteiger partial charge >= 0.3 is 6.09 Å². The number of hydrogen-bond donors (Lipinski definition) is 2. The second-order valence-electron chi connectivity index (χ2n) is 9.83. The Bertz CT molecular complexity index is 1160. The molecule has 2 fully saturated rings. The summed E-state index contributed by atoms with van der Waals surface area (Å²) in [7, 11) is 1.49. The lowest BCUT2D eigenvalue weighted by atomic mass is 9.99. The van der Waals surface area contributed by atoms with Gasteiger partial charge in [0.2, 0.25) is 11.8 Å². The second kappa shape index (κ2) is 11.3. The maximum atomic E-state index is 14.8. The molecule has 4 atom stereocenters. The first-order valence-electron chi connectivity index (χ1n) is 11.8. The molecule has 4 heterocycles. The number of halogens is 2. The highest BCUT2D eigenvalue weighted by molar-refractivity contribution is 7.98. The fourth-order valence-electron chi connectivity index (χ4n) is 4.71. The van der Waals surface area contributed by atoms with Crippen molar-refractivity contribution in [3.05, 3.63) is 11.0 Å². The largest absolute Gasteiger partial charge is 0.493 e. The Kier molecular flexibility index (Phi) is 8.48. The molecule has 2 aromatic rings. The van der Waals surface area contributed by atoms with E-state index in [9.17, 15) is 14.3 Å². The van der Waals surface area contributed by atoms with Crippen LogP contribution in [0.2, 0.25) is 5.15 Å². The van der Waals surface area contributed by atoms with Gasteiger partial charge < -0.3 is 29.4 Å². The zero-order valence-electron chi connectivity index (χ0n) is 21.3. The van der Waals surface area contributed by atoms with E-state index < -0.39 is 40.7 Å². The summed E-state index contributed by atoms with van der Waals surface area (Å²) in [4.78, 5) is 27.0. The van der Waals surface area contributed by atoms with Crippen molar-refractivity contribution in [1.29, 1.82) is 0 Å². The van der Waals surface area contributed by atoms with Crippen molar-refractivity contribution in [3.8, 4) is 11.8 Å². The molecule has 0 unspecified atom stereocenters. The number of thioether (sulfide) groups is 1. The van der Waals surface area contributed by atoms with Crippen LogP contribution >= 0.6 is 23.4 Å². The van der Waals surface area contributed by atoms with Gasteiger partial charge in [-0.25, -0.2) is 14.2 Å². The summed E-state index contributed by atoms with van der Waals surface area (Å²) < 4.78 is 37.4. The summed E-state index contributed by atoms with van der Waals surface area (Å²) in [6, 6.07) is -0.685. The molecular formula is C23H31ClFN5O6S. The number of nitrogens with zero attached hydrogens (tertiary/aromatic N) is 4. The van der Waals surface area contributed by atoms with Crippen LogP contribution in [-0.2, 0) is 14.2 Å². The summed E-state index contributed by atoms with van der Waals surface area (Å²) in [5.41, 5.74) is -0.855. The number of piperazine rings is 1. The lowest BCUT2D eigenvalue weighted by molar-refractivity contribution is -0.0726. The number of ether oxygens (including phenoxy) is 4. The first-order valence-corrected chi connectivity index (χ1v) is 13.4. The molecule has 37 heavy (non-hydrogen) atoms. The summed E-state index contributed by atoms with van der Waals surface area (Å²) in [5.74, 6) is -1.53. The van der Waals surface area contributed by atoms with E-state index in [0.717, 1.165) is 24.6 Å². The molecule has 11 nitrogen and oxygen atoms in total. The van der Waals surface area contributed by atoms with Gasteiger partial charge in [0.05, 0.1) is 18.7 Å². The molecule has 0 spiro atoms. The topological polar surface area (TPSA) is 128 Å². The molecule has 2 aromatic heterocycles. The zero-order valence-corrected chi connectivity index (χ0v) is 22.9. The number of aromatic nitrogens is 3. The highest BCUT2D eigenvalue weighted by atomic mass is 35.5. The van der Waals surface area contributed by atoms with Gasteiger partial charge in [-0.15, -0.1) is 0 Å². The monoisotopic (exact) mass is 559 g/mol. The summed E-state index contributed by atoms with van der Waals surface area (Å²) in [5, 5.41) is 13.7. The minimum Gasteiger partial charge on any atom is -0.493 e. The molecule has 0 aromatic carbocycles. The van der Waals surface area contributed by atoms with E-state index in [2.05, 4.69) is 20.3 Å². The third-order valence-corrected chi connectivity index (χ3v) is 6.95. The number of methoxy groups -OCH3 is 1. The maximum Gasteiger partial charge on any atom is 0.410 e. The van der Waals surface area contributed by atoms with Crippen LogP contribution < -0.4 is 10.1 Å². The highest BCUT2D eigenvalue weighted by Gasteiger charge is 2.49. The fraction of sp³-hybridized carbons (Fsp3) is 0.652. The van der Waals surface area contributed by atoms with Crippen LogP contribution in [0, 0.1) is 5.82 Å². The number of hydrogen-bond acceptors (Lipinski definition) is 11. The van der Waals surface area contributed by atoms with Crippen molar-refractivity contribution in [3.63, 3.8) is 0 Å². The Morgan fingerprint density at radius 1 is 1.32 bits per heavy atom. The summed E-state index contributed by atoms with van der Waals surface area (Å²) in [6.45, 7) is 6.03. The average molecular weight is 560 g/mol. The summed E-state index contributed by atoms with van der Waals surface area (Å²) >= 11 is 7.21. The molecule has 1 amide bonds. The molecule has 2 N–H and O–H groups in total. The molecule has 0 saturated carbocycles. The highest BCUT2D eigenvalue weighted by Crippen LogP contribution is 2.38. The van der Waals surface area contributed by atoms with E-state index in [1.807, 2.05) is 20.8 Å². The number of carbonyl (C=O) groups is 1. The van der Waals surface area contributed by atoms with Crippen molar-refractivity contribution in [2.24, 2.45) is 0 Å². The predicted octanol–water partition coefficient (Wildman–Crippen LogP) is 3.35.